The van der Waals surface area contributed by atoms with E-state index in [1.807, 2.05) is 13.8 Å². The lowest BCUT2D eigenvalue weighted by Gasteiger charge is -2.25. The van der Waals surface area contributed by atoms with Crippen LogP contribution in [0.15, 0.2) is 70.5 Å². The predicted molar refractivity (Wildman–Crippen MR) is 155 cm³/mol. The molecule has 3 N–H and O–H groups in total. The van der Waals surface area contributed by atoms with Crippen molar-refractivity contribution in [3.8, 4) is 17.2 Å². The van der Waals surface area contributed by atoms with Gasteiger partial charge in [-0.3, -0.25) is 14.7 Å². The summed E-state index contributed by atoms with van der Waals surface area (Å²) in [5, 5.41) is 13.3. The Labute approximate surface area is 242 Å². The molecular formula is C29H27F2N7O5. The first-order valence-electron chi connectivity index (χ1n) is 12.9. The van der Waals surface area contributed by atoms with Crippen molar-refractivity contribution in [3.05, 3.63) is 99.0 Å². The molecular weight excluding hydrogens is 564 g/mol. The number of aryl methyl sites for hydroxylation is 1. The molecule has 43 heavy (non-hydrogen) atoms. The van der Waals surface area contributed by atoms with Gasteiger partial charge in [0.05, 0.1) is 17.8 Å². The molecule has 0 unspecified atom stereocenters. The van der Waals surface area contributed by atoms with Crippen molar-refractivity contribution in [1.82, 2.24) is 24.3 Å². The van der Waals surface area contributed by atoms with E-state index in [9.17, 15) is 18.8 Å². The van der Waals surface area contributed by atoms with Gasteiger partial charge < -0.3 is 24.7 Å². The summed E-state index contributed by atoms with van der Waals surface area (Å²) < 4.78 is 41.5. The first-order valence-corrected chi connectivity index (χ1v) is 12.9. The highest BCUT2D eigenvalue weighted by molar-refractivity contribution is 6.04. The fraction of sp³-hybridized carbons (Fsp3) is 0.207. The van der Waals surface area contributed by atoms with Gasteiger partial charge in [-0.2, -0.15) is 5.10 Å². The highest BCUT2D eigenvalue weighted by atomic mass is 19.1. The lowest BCUT2D eigenvalue weighted by Crippen LogP contribution is -2.41. The molecule has 0 aliphatic rings. The third-order valence-electron chi connectivity index (χ3n) is 6.37. The molecule has 12 nitrogen and oxygen atoms in total. The van der Waals surface area contributed by atoms with Crippen LogP contribution in [0.2, 0.25) is 0 Å². The number of amides is 1. The second-order valence-corrected chi connectivity index (χ2v) is 10.3. The van der Waals surface area contributed by atoms with E-state index >= 15 is 4.39 Å². The Balaban J connectivity index is 1.40. The van der Waals surface area contributed by atoms with E-state index in [0.717, 1.165) is 33.5 Å². The number of benzene rings is 2. The number of aromatic nitrogens is 5. The minimum Gasteiger partial charge on any atom is -0.453 e. The molecule has 2 aromatic carbocycles. The lowest BCUT2D eigenvalue weighted by molar-refractivity contribution is 0.102. The number of nitrogens with zero attached hydrogens (tertiary/aromatic N) is 4. The number of carbonyl (C=O) groups excluding carboxylic acids is 1. The molecule has 0 radical (unpaired) electrons. The third-order valence-corrected chi connectivity index (χ3v) is 6.37. The second kappa shape index (κ2) is 11.5. The molecule has 5 aromatic rings. The number of hydrogen-bond donors (Lipinski definition) is 3. The zero-order valence-electron chi connectivity index (χ0n) is 23.6. The molecule has 5 rings (SSSR count). The number of aromatic amines is 1. The van der Waals surface area contributed by atoms with Crippen molar-refractivity contribution in [1.29, 1.82) is 0 Å². The Morgan fingerprint density at radius 2 is 1.81 bits per heavy atom. The highest BCUT2D eigenvalue weighted by Crippen LogP contribution is 2.35. The lowest BCUT2D eigenvalue weighted by atomic mass is 10.1. The molecule has 222 valence electrons. The summed E-state index contributed by atoms with van der Waals surface area (Å²) >= 11 is 0. The topological polar surface area (TPSA) is 145 Å². The maximum Gasteiger partial charge on any atom is 0.335 e. The number of hydrogen-bond acceptors (Lipinski definition) is 8. The second-order valence-electron chi connectivity index (χ2n) is 10.3. The fourth-order valence-corrected chi connectivity index (χ4v) is 4.44. The van der Waals surface area contributed by atoms with Crippen molar-refractivity contribution in [2.75, 3.05) is 24.4 Å². The van der Waals surface area contributed by atoms with Crippen LogP contribution in [0, 0.1) is 11.6 Å². The van der Waals surface area contributed by atoms with Gasteiger partial charge in [0, 0.05) is 44.4 Å². The number of methoxy groups -OCH3 is 1. The van der Waals surface area contributed by atoms with Crippen molar-refractivity contribution in [3.63, 3.8) is 0 Å². The first-order chi connectivity index (χ1) is 20.5. The van der Waals surface area contributed by atoms with Crippen LogP contribution < -0.4 is 26.6 Å². The molecule has 0 aliphatic carbocycles. The number of ether oxygens (including phenoxy) is 2. The number of pyridine rings is 1. The monoisotopic (exact) mass is 591 g/mol. The highest BCUT2D eigenvalue weighted by Gasteiger charge is 2.23. The van der Waals surface area contributed by atoms with E-state index in [0.29, 0.717) is 23.5 Å². The number of carbonyl (C=O) groups is 1. The smallest absolute Gasteiger partial charge is 0.335 e. The van der Waals surface area contributed by atoms with Crippen LogP contribution in [0.5, 0.6) is 11.5 Å². The summed E-state index contributed by atoms with van der Waals surface area (Å²) in [5.74, 6) is -1.67. The van der Waals surface area contributed by atoms with E-state index in [1.165, 1.54) is 37.5 Å². The number of H-pyrrole nitrogens is 1. The minimum atomic E-state index is -0.924. The molecule has 0 fully saturated rings. The van der Waals surface area contributed by atoms with Crippen molar-refractivity contribution >= 4 is 28.4 Å². The molecule has 0 spiro atoms. The Hall–Kier alpha value is -5.37. The number of rotatable bonds is 9. The van der Waals surface area contributed by atoms with Gasteiger partial charge in [0.1, 0.15) is 22.5 Å². The van der Waals surface area contributed by atoms with E-state index in [4.69, 9.17) is 9.47 Å². The van der Waals surface area contributed by atoms with Crippen LogP contribution in [0.1, 0.15) is 24.2 Å². The first kappa shape index (κ1) is 29.1. The van der Waals surface area contributed by atoms with Gasteiger partial charge >= 0.3 is 5.69 Å². The summed E-state index contributed by atoms with van der Waals surface area (Å²) in [6, 6.07) is 9.96. The van der Waals surface area contributed by atoms with Crippen LogP contribution in [0.25, 0.3) is 16.7 Å². The summed E-state index contributed by atoms with van der Waals surface area (Å²) in [6.45, 7) is 4.24. The largest absolute Gasteiger partial charge is 0.453 e. The van der Waals surface area contributed by atoms with E-state index < -0.39 is 34.3 Å². The van der Waals surface area contributed by atoms with E-state index in [1.54, 1.807) is 13.2 Å². The van der Waals surface area contributed by atoms with Gasteiger partial charge in [-0.1, -0.05) is 0 Å². The molecule has 3 heterocycles. The minimum absolute atomic E-state index is 0.0308. The zero-order valence-corrected chi connectivity index (χ0v) is 23.6. The fourth-order valence-electron chi connectivity index (χ4n) is 4.44. The Morgan fingerprint density at radius 1 is 1.07 bits per heavy atom. The molecule has 0 bridgehead atoms. The number of halogens is 2. The summed E-state index contributed by atoms with van der Waals surface area (Å²) in [7, 11) is 2.95. The maximum atomic E-state index is 15.2. The van der Waals surface area contributed by atoms with Crippen LogP contribution in [0.4, 0.5) is 20.3 Å². The maximum absolute atomic E-state index is 15.2. The van der Waals surface area contributed by atoms with Gasteiger partial charge in [0.15, 0.2) is 23.0 Å². The van der Waals surface area contributed by atoms with Gasteiger partial charge in [-0.25, -0.2) is 23.1 Å². The summed E-state index contributed by atoms with van der Waals surface area (Å²) in [4.78, 5) is 43.0. The van der Waals surface area contributed by atoms with Crippen molar-refractivity contribution < 1.29 is 23.0 Å². The van der Waals surface area contributed by atoms with E-state index in [2.05, 4.69) is 25.8 Å². The van der Waals surface area contributed by atoms with Crippen LogP contribution >= 0.6 is 0 Å². The van der Waals surface area contributed by atoms with Gasteiger partial charge in [0.2, 0.25) is 0 Å². The average molecular weight is 592 g/mol. The standard InChI is InChI=1S/C29H27F2N7O5/c1-29(2,15-42-4)34-25-23-22(11-12-32-24(23)35-36-25)43-21-10-7-17(13-20(21)31)33-26(39)19-14-37(3)28(41)38(27(19)40)18-8-5-16(30)6-9-18/h5-14H,15H2,1-4H3,(H,33,39)(H2,32,34,35,36). The van der Waals surface area contributed by atoms with Crippen LogP contribution in [-0.4, -0.2) is 49.5 Å². The zero-order chi connectivity index (χ0) is 30.9. The molecule has 0 atom stereocenters. The number of fused-ring (bicyclic) bond motifs is 1. The quantitative estimate of drug-likeness (QED) is 0.234. The van der Waals surface area contributed by atoms with Gasteiger partial charge in [-0.05, 0) is 50.2 Å². The normalized spacial score (nSPS) is 11.5. The Morgan fingerprint density at radius 3 is 2.51 bits per heavy atom. The summed E-state index contributed by atoms with van der Waals surface area (Å²) in [6.07, 6.45) is 2.56. The molecule has 3 aromatic heterocycles. The van der Waals surface area contributed by atoms with Crippen LogP contribution in [0.3, 0.4) is 0 Å². The van der Waals surface area contributed by atoms with Gasteiger partial charge in [-0.15, -0.1) is 0 Å². The van der Waals surface area contributed by atoms with Gasteiger partial charge in [0.25, 0.3) is 11.5 Å². The van der Waals surface area contributed by atoms with Crippen LogP contribution in [-0.2, 0) is 11.8 Å². The Kier molecular flexibility index (Phi) is 7.78. The molecule has 1 amide bonds. The number of anilines is 2. The Bertz CT molecular complexity index is 1950. The number of nitrogens with one attached hydrogen (secondary N) is 3. The molecule has 0 saturated carbocycles. The van der Waals surface area contributed by atoms with Crippen molar-refractivity contribution in [2.24, 2.45) is 7.05 Å². The predicted octanol–water partition coefficient (Wildman–Crippen LogP) is 3.97. The molecule has 0 saturated heterocycles. The SMILES string of the molecule is COCC(C)(C)Nc1n[nH]c2nccc(Oc3ccc(NC(=O)c4cn(C)c(=O)n(-c5ccc(F)cc5)c4=O)cc3F)c12. The summed E-state index contributed by atoms with van der Waals surface area (Å²) in [5.41, 5.74) is -2.00. The van der Waals surface area contributed by atoms with E-state index in [-0.39, 0.29) is 28.4 Å². The van der Waals surface area contributed by atoms with Crippen molar-refractivity contribution in [2.45, 2.75) is 19.4 Å². The third kappa shape index (κ3) is 5.99. The molecule has 14 heteroatoms. The molecule has 0 aliphatic heterocycles. The average Bonchev–Trinajstić information content (AvgIpc) is 3.36.